The molecule has 11 heteroatoms. The van der Waals surface area contributed by atoms with E-state index in [9.17, 15) is 19.8 Å². The van der Waals surface area contributed by atoms with Crippen molar-refractivity contribution in [1.82, 2.24) is 19.9 Å². The standard InChI is InChI=1S/C34H38N4O4S.2Na/c1-2-3-4-5-6-7-8-9-26-28-14-10-22(35-28)18-24-12-16-30(37-24)27(21-43-32(34(41)42)20-33(39)40)31-17-13-25(38-31)19-23-11-15-29(26)36-23;;/h10-19,32,35-36H,2-9,20-21H2,1H3,(H,39,40)(H,41,42);;/q;2*+1/p-2. The number of aromatic nitrogens is 4. The van der Waals surface area contributed by atoms with Crippen molar-refractivity contribution >= 4 is 70.1 Å². The number of hydrogen-bond acceptors (Lipinski definition) is 7. The van der Waals surface area contributed by atoms with Crippen LogP contribution in [0.1, 0.15) is 92.2 Å². The van der Waals surface area contributed by atoms with Gasteiger partial charge in [-0.1, -0.05) is 45.4 Å². The number of carbonyl (C=O) groups excluding carboxylic acids is 2. The number of rotatable bonds is 14. The molecule has 3 aromatic heterocycles. The van der Waals surface area contributed by atoms with Crippen LogP contribution in [0.2, 0.25) is 0 Å². The summed E-state index contributed by atoms with van der Waals surface area (Å²) >= 11 is 0.972. The summed E-state index contributed by atoms with van der Waals surface area (Å²) in [6, 6.07) is 12.3. The number of nitrogens with one attached hydrogen (secondary N) is 2. The van der Waals surface area contributed by atoms with Gasteiger partial charge in [-0.2, -0.15) is 0 Å². The first-order valence-electron chi connectivity index (χ1n) is 15.0. The number of carboxylic acid groups (broad SMARTS) is 2. The number of aromatic amines is 2. The number of thioether (sulfide) groups is 1. The van der Waals surface area contributed by atoms with Crippen LogP contribution in [0.15, 0.2) is 36.4 Å². The molecule has 224 valence electrons. The fourth-order valence-corrected chi connectivity index (χ4v) is 6.47. The second kappa shape index (κ2) is 18.3. The number of H-pyrrole nitrogens is 2. The molecule has 0 spiro atoms. The largest absolute Gasteiger partial charge is 1.00 e. The number of nitrogens with zero attached hydrogens (tertiary/aromatic N) is 2. The summed E-state index contributed by atoms with van der Waals surface area (Å²) in [6.07, 6.45) is 16.7. The Labute approximate surface area is 312 Å². The molecule has 5 heterocycles. The maximum Gasteiger partial charge on any atom is 1.00 e. The Kier molecular flexibility index (Phi) is 15.2. The van der Waals surface area contributed by atoms with Gasteiger partial charge in [-0.05, 0) is 79.1 Å². The third-order valence-corrected chi connectivity index (χ3v) is 8.91. The van der Waals surface area contributed by atoms with Crippen molar-refractivity contribution in [3.05, 3.63) is 70.3 Å². The molecule has 0 fully saturated rings. The van der Waals surface area contributed by atoms with Gasteiger partial charge in [0, 0.05) is 51.0 Å². The van der Waals surface area contributed by atoms with Crippen LogP contribution in [0.3, 0.4) is 0 Å². The zero-order valence-electron chi connectivity index (χ0n) is 26.4. The average molecular weight is 643 g/mol. The zero-order chi connectivity index (χ0) is 30.2. The zero-order valence-corrected chi connectivity index (χ0v) is 31.2. The third kappa shape index (κ3) is 10.4. The van der Waals surface area contributed by atoms with Gasteiger partial charge in [-0.15, -0.1) is 11.8 Å². The molecule has 0 aromatic carbocycles. The van der Waals surface area contributed by atoms with Gasteiger partial charge in [0.15, 0.2) is 0 Å². The minimum Gasteiger partial charge on any atom is -0.550 e. The first-order chi connectivity index (χ1) is 20.9. The molecule has 5 rings (SSSR count). The van der Waals surface area contributed by atoms with E-state index in [0.29, 0.717) is 17.0 Å². The molecule has 3 aromatic rings. The molecule has 0 aliphatic carbocycles. The number of hydrogen-bond donors (Lipinski definition) is 2. The number of fused-ring (bicyclic) bond motifs is 8. The van der Waals surface area contributed by atoms with E-state index in [1.54, 1.807) is 0 Å². The van der Waals surface area contributed by atoms with E-state index >= 15 is 0 Å². The van der Waals surface area contributed by atoms with Crippen LogP contribution in [0, 0.1) is 0 Å². The Morgan fingerprint density at radius 3 is 1.80 bits per heavy atom. The summed E-state index contributed by atoms with van der Waals surface area (Å²) in [7, 11) is 0. The Morgan fingerprint density at radius 1 is 0.756 bits per heavy atom. The fourth-order valence-electron chi connectivity index (χ4n) is 5.41. The van der Waals surface area contributed by atoms with E-state index < -0.39 is 23.6 Å². The smallest absolute Gasteiger partial charge is 0.550 e. The third-order valence-electron chi connectivity index (χ3n) is 7.69. The van der Waals surface area contributed by atoms with Crippen LogP contribution in [0.4, 0.5) is 0 Å². The Balaban J connectivity index is 0.00000276. The first kappa shape index (κ1) is 37.3. The number of carboxylic acids is 2. The molecule has 1 unspecified atom stereocenters. The van der Waals surface area contributed by atoms with E-state index in [-0.39, 0.29) is 64.9 Å². The maximum atomic E-state index is 11.6. The average Bonchev–Trinajstić information content (AvgIpc) is 3.79. The second-order valence-corrected chi connectivity index (χ2v) is 12.2. The minimum atomic E-state index is -1.44. The van der Waals surface area contributed by atoms with Gasteiger partial charge in [0.2, 0.25) is 0 Å². The number of unbranched alkanes of at least 4 members (excludes halogenated alkanes) is 6. The van der Waals surface area contributed by atoms with Crippen LogP contribution in [0.5, 0.6) is 0 Å². The molecule has 0 saturated heterocycles. The molecule has 8 nitrogen and oxygen atoms in total. The molecule has 8 bridgehead atoms. The Hall–Kier alpha value is -2.11. The molecule has 0 saturated carbocycles. The van der Waals surface area contributed by atoms with Crippen molar-refractivity contribution in [2.75, 3.05) is 0 Å². The summed E-state index contributed by atoms with van der Waals surface area (Å²) in [5, 5.41) is 21.4. The van der Waals surface area contributed by atoms with Gasteiger partial charge in [0.1, 0.15) is 0 Å². The summed E-state index contributed by atoms with van der Waals surface area (Å²) in [4.78, 5) is 39.5. The van der Waals surface area contributed by atoms with E-state index in [2.05, 4.69) is 41.2 Å². The predicted molar refractivity (Wildman–Crippen MR) is 170 cm³/mol. The Morgan fingerprint density at radius 2 is 1.29 bits per heavy atom. The Bertz CT molecular complexity index is 1620. The second-order valence-electron chi connectivity index (χ2n) is 11.0. The molecule has 0 radical (unpaired) electrons. The van der Waals surface area contributed by atoms with E-state index in [1.807, 2.05) is 36.4 Å². The molecule has 0 amide bonds. The van der Waals surface area contributed by atoms with Gasteiger partial charge >= 0.3 is 59.1 Å². The molecule has 1 atom stereocenters. The van der Waals surface area contributed by atoms with Crippen molar-refractivity contribution in [2.45, 2.75) is 75.7 Å². The normalized spacial score (nSPS) is 12.4. The minimum absolute atomic E-state index is 0. The molecule has 2 N–H and O–H groups in total. The quantitative estimate of drug-likeness (QED) is 0.123. The van der Waals surface area contributed by atoms with Gasteiger partial charge in [0.25, 0.3) is 0 Å². The van der Waals surface area contributed by atoms with Crippen molar-refractivity contribution in [3.8, 4) is 0 Å². The predicted octanol–water partition coefficient (Wildman–Crippen LogP) is -0.552. The molecule has 2 aliphatic rings. The SMILES string of the molecule is CCCCCCCCCc1c2ccc(cc3nc(c(CSC(CC(=O)[O-])C(=O)[O-])c4nc(cc5ccc1[nH]5)C=C4)C=C3)[nH]2.[Na+].[Na+]. The van der Waals surface area contributed by atoms with Gasteiger partial charge in [-0.25, -0.2) is 9.97 Å². The summed E-state index contributed by atoms with van der Waals surface area (Å²) in [5.74, 6) is -2.69. The van der Waals surface area contributed by atoms with Gasteiger partial charge in [-0.3, -0.25) is 0 Å². The summed E-state index contributed by atoms with van der Waals surface area (Å²) < 4.78 is 0. The van der Waals surface area contributed by atoms with Crippen molar-refractivity contribution in [1.29, 1.82) is 0 Å². The number of carbonyl (C=O) groups is 2. The monoisotopic (exact) mass is 642 g/mol. The first-order valence-corrected chi connectivity index (χ1v) is 16.0. The van der Waals surface area contributed by atoms with Crippen molar-refractivity contribution < 1.29 is 78.9 Å². The van der Waals surface area contributed by atoms with Crippen LogP contribution >= 0.6 is 11.8 Å². The van der Waals surface area contributed by atoms with E-state index in [4.69, 9.17) is 9.97 Å². The van der Waals surface area contributed by atoms with Crippen LogP contribution in [-0.2, 0) is 21.8 Å². The summed E-state index contributed by atoms with van der Waals surface area (Å²) in [5.41, 5.74) is 8.77. The van der Waals surface area contributed by atoms with E-state index in [1.165, 1.54) is 44.1 Å². The van der Waals surface area contributed by atoms with E-state index in [0.717, 1.165) is 58.1 Å². The van der Waals surface area contributed by atoms with Crippen molar-refractivity contribution in [3.63, 3.8) is 0 Å². The topological polar surface area (TPSA) is 138 Å². The number of aliphatic carboxylic acids is 2. The van der Waals surface area contributed by atoms with Gasteiger partial charge < -0.3 is 29.8 Å². The molecule has 45 heavy (non-hydrogen) atoms. The van der Waals surface area contributed by atoms with Crippen LogP contribution in [-0.4, -0.2) is 37.1 Å². The molecular weight excluding hydrogens is 606 g/mol. The molecule has 2 aliphatic heterocycles. The van der Waals surface area contributed by atoms with Crippen LogP contribution in [0.25, 0.3) is 46.4 Å². The van der Waals surface area contributed by atoms with Gasteiger partial charge in [0.05, 0.1) is 28.7 Å². The summed E-state index contributed by atoms with van der Waals surface area (Å²) in [6.45, 7) is 2.24. The van der Waals surface area contributed by atoms with Crippen molar-refractivity contribution in [2.24, 2.45) is 0 Å². The fraction of sp³-hybridized carbons (Fsp3) is 0.353. The van der Waals surface area contributed by atoms with Crippen LogP contribution < -0.4 is 69.3 Å². The maximum absolute atomic E-state index is 11.6. The number of aryl methyl sites for hydroxylation is 1. The molecular formula is C34H36N4Na2O4S.